The van der Waals surface area contributed by atoms with Gasteiger partial charge in [0.15, 0.2) is 0 Å². The van der Waals surface area contributed by atoms with E-state index in [1.54, 1.807) is 0 Å². The average molecular weight is 820 g/mol. The molecule has 0 aliphatic carbocycles. The standard InChI is InChI=1S/C60H37NO3/c1-3-16-38(17-4-1)42-20-7-11-24-48(42)61(49-25-15-29-53-58(49)45-21-8-12-26-50(45)62-53)41-32-30-40(31-33-41)57-44(35-37-55-60(57)47-23-10-14-28-52(47)64-55)43-34-36-54-59(46-22-9-13-27-51(46)63-54)56(43)39-18-5-2-6-19-39/h1-37H. The van der Waals surface area contributed by atoms with Crippen molar-refractivity contribution in [2.24, 2.45) is 0 Å². The fraction of sp³-hybridized carbons (Fsp3) is 0. The Morgan fingerprint density at radius 2 is 0.672 bits per heavy atom. The van der Waals surface area contributed by atoms with Crippen molar-refractivity contribution in [2.45, 2.75) is 0 Å². The molecule has 3 aromatic heterocycles. The lowest BCUT2D eigenvalue weighted by Gasteiger charge is -2.29. The van der Waals surface area contributed by atoms with Crippen molar-refractivity contribution in [3.8, 4) is 44.5 Å². The molecular weight excluding hydrogens is 783 g/mol. The molecule has 0 N–H and O–H groups in total. The minimum Gasteiger partial charge on any atom is -0.456 e. The second-order valence-corrected chi connectivity index (χ2v) is 16.3. The van der Waals surface area contributed by atoms with E-state index < -0.39 is 0 Å². The first-order chi connectivity index (χ1) is 31.8. The van der Waals surface area contributed by atoms with Crippen molar-refractivity contribution in [3.05, 3.63) is 224 Å². The highest BCUT2D eigenvalue weighted by molar-refractivity contribution is 6.20. The van der Waals surface area contributed by atoms with E-state index in [-0.39, 0.29) is 0 Å². The summed E-state index contributed by atoms with van der Waals surface area (Å²) >= 11 is 0. The molecule has 0 bridgehead atoms. The van der Waals surface area contributed by atoms with Crippen molar-refractivity contribution >= 4 is 82.9 Å². The van der Waals surface area contributed by atoms with Crippen LogP contribution in [0.25, 0.3) is 110 Å². The molecular formula is C60H37NO3. The van der Waals surface area contributed by atoms with Crippen LogP contribution in [0.1, 0.15) is 0 Å². The first-order valence-electron chi connectivity index (χ1n) is 21.7. The van der Waals surface area contributed by atoms with Crippen molar-refractivity contribution in [1.82, 2.24) is 0 Å². The normalized spacial score (nSPS) is 11.8. The van der Waals surface area contributed by atoms with Gasteiger partial charge in [-0.05, 0) is 101 Å². The maximum Gasteiger partial charge on any atom is 0.137 e. The molecule has 0 fully saturated rings. The zero-order valence-electron chi connectivity index (χ0n) is 34.5. The molecule has 300 valence electrons. The third-order valence-corrected chi connectivity index (χ3v) is 12.7. The van der Waals surface area contributed by atoms with Gasteiger partial charge in [-0.2, -0.15) is 0 Å². The van der Waals surface area contributed by atoms with Gasteiger partial charge in [0.2, 0.25) is 0 Å². The summed E-state index contributed by atoms with van der Waals surface area (Å²) in [4.78, 5) is 2.39. The predicted octanol–water partition coefficient (Wildman–Crippen LogP) is 17.5. The molecule has 4 nitrogen and oxygen atoms in total. The van der Waals surface area contributed by atoms with Crippen LogP contribution in [0.15, 0.2) is 238 Å². The molecule has 0 unspecified atom stereocenters. The average Bonchev–Trinajstić information content (AvgIpc) is 4.06. The van der Waals surface area contributed by atoms with Crippen LogP contribution in [0.5, 0.6) is 0 Å². The number of furan rings is 3. The summed E-state index contributed by atoms with van der Waals surface area (Å²) in [5.74, 6) is 0. The van der Waals surface area contributed by atoms with Gasteiger partial charge in [-0.15, -0.1) is 0 Å². The predicted molar refractivity (Wildman–Crippen MR) is 265 cm³/mol. The van der Waals surface area contributed by atoms with Gasteiger partial charge in [-0.25, -0.2) is 0 Å². The summed E-state index contributed by atoms with van der Waals surface area (Å²) in [6, 6.07) is 79.2. The topological polar surface area (TPSA) is 42.7 Å². The minimum absolute atomic E-state index is 0.844. The van der Waals surface area contributed by atoms with Crippen LogP contribution in [0.4, 0.5) is 17.1 Å². The molecule has 0 radical (unpaired) electrons. The lowest BCUT2D eigenvalue weighted by molar-refractivity contribution is 0.668. The van der Waals surface area contributed by atoms with Crippen LogP contribution < -0.4 is 4.90 Å². The summed E-state index contributed by atoms with van der Waals surface area (Å²) < 4.78 is 19.6. The second kappa shape index (κ2) is 14.5. The van der Waals surface area contributed by atoms with E-state index in [9.17, 15) is 0 Å². The number of fused-ring (bicyclic) bond motifs is 9. The van der Waals surface area contributed by atoms with Crippen molar-refractivity contribution in [3.63, 3.8) is 0 Å². The number of anilines is 3. The molecule has 0 amide bonds. The number of rotatable bonds is 7. The van der Waals surface area contributed by atoms with Crippen LogP contribution in [-0.4, -0.2) is 0 Å². The number of benzene rings is 10. The van der Waals surface area contributed by atoms with Gasteiger partial charge in [0.05, 0.1) is 16.8 Å². The SMILES string of the molecule is c1ccc(-c2ccccc2N(c2ccc(-c3c(-c4ccc5oc6ccccc6c5c4-c4ccccc4)ccc4oc5ccccc5c34)cc2)c2cccc3oc4ccccc4c23)cc1. The third kappa shape index (κ3) is 5.63. The van der Waals surface area contributed by atoms with Crippen LogP contribution in [0.2, 0.25) is 0 Å². The van der Waals surface area contributed by atoms with Gasteiger partial charge in [0.25, 0.3) is 0 Å². The molecule has 0 aliphatic rings. The zero-order chi connectivity index (χ0) is 42.1. The number of hydrogen-bond donors (Lipinski definition) is 0. The summed E-state index contributed by atoms with van der Waals surface area (Å²) in [6.45, 7) is 0. The van der Waals surface area contributed by atoms with Crippen molar-refractivity contribution in [1.29, 1.82) is 0 Å². The Bertz CT molecular complexity index is 3890. The number of hydrogen-bond acceptors (Lipinski definition) is 4. The second-order valence-electron chi connectivity index (χ2n) is 16.3. The van der Waals surface area contributed by atoms with E-state index in [1.807, 2.05) is 24.3 Å². The van der Waals surface area contributed by atoms with Crippen molar-refractivity contribution in [2.75, 3.05) is 4.90 Å². The van der Waals surface area contributed by atoms with E-state index in [2.05, 4.69) is 205 Å². The lowest BCUT2D eigenvalue weighted by atomic mass is 9.85. The van der Waals surface area contributed by atoms with E-state index in [0.29, 0.717) is 0 Å². The Balaban J connectivity index is 1.07. The van der Waals surface area contributed by atoms with E-state index >= 15 is 0 Å². The van der Waals surface area contributed by atoms with E-state index in [1.165, 1.54) is 0 Å². The maximum atomic E-state index is 6.60. The molecule has 0 spiro atoms. The molecule has 0 aliphatic heterocycles. The van der Waals surface area contributed by atoms with Gasteiger partial charge in [0.1, 0.15) is 33.5 Å². The highest BCUT2D eigenvalue weighted by Gasteiger charge is 2.25. The van der Waals surface area contributed by atoms with Crippen LogP contribution in [0, 0.1) is 0 Å². The fourth-order valence-corrected chi connectivity index (χ4v) is 9.94. The third-order valence-electron chi connectivity index (χ3n) is 12.7. The molecule has 10 aromatic carbocycles. The maximum absolute atomic E-state index is 6.60. The smallest absolute Gasteiger partial charge is 0.137 e. The Kier molecular flexibility index (Phi) is 8.18. The minimum atomic E-state index is 0.844. The number of para-hydroxylation sites is 4. The fourth-order valence-electron chi connectivity index (χ4n) is 9.94. The molecule has 0 saturated heterocycles. The molecule has 13 aromatic rings. The van der Waals surface area contributed by atoms with Gasteiger partial charge < -0.3 is 18.2 Å². The quantitative estimate of drug-likeness (QED) is 0.161. The molecule has 4 heteroatoms. The molecule has 3 heterocycles. The Morgan fingerprint density at radius 3 is 1.25 bits per heavy atom. The summed E-state index contributed by atoms with van der Waals surface area (Å²) in [6.07, 6.45) is 0. The molecule has 0 atom stereocenters. The van der Waals surface area contributed by atoms with Gasteiger partial charge >= 0.3 is 0 Å². The largest absolute Gasteiger partial charge is 0.456 e. The zero-order valence-corrected chi connectivity index (χ0v) is 34.5. The monoisotopic (exact) mass is 819 g/mol. The molecule has 64 heavy (non-hydrogen) atoms. The summed E-state index contributed by atoms with van der Waals surface area (Å²) in [7, 11) is 0. The van der Waals surface area contributed by atoms with Gasteiger partial charge in [0, 0.05) is 49.3 Å². The summed E-state index contributed by atoms with van der Waals surface area (Å²) in [5.41, 5.74) is 17.2. The summed E-state index contributed by atoms with van der Waals surface area (Å²) in [5, 5.41) is 6.50. The van der Waals surface area contributed by atoms with Crippen LogP contribution in [-0.2, 0) is 0 Å². The number of nitrogens with zero attached hydrogens (tertiary/aromatic N) is 1. The Labute approximate surface area is 368 Å². The van der Waals surface area contributed by atoms with Crippen molar-refractivity contribution < 1.29 is 13.3 Å². The van der Waals surface area contributed by atoms with Gasteiger partial charge in [-0.3, -0.25) is 0 Å². The molecule has 0 saturated carbocycles. The van der Waals surface area contributed by atoms with E-state index in [4.69, 9.17) is 13.3 Å². The highest BCUT2D eigenvalue weighted by atomic mass is 16.3. The Morgan fingerprint density at radius 1 is 0.250 bits per heavy atom. The highest BCUT2D eigenvalue weighted by Crippen LogP contribution is 2.50. The lowest BCUT2D eigenvalue weighted by Crippen LogP contribution is -2.11. The van der Waals surface area contributed by atoms with Gasteiger partial charge in [-0.1, -0.05) is 152 Å². The Hall–Kier alpha value is -8.60. The van der Waals surface area contributed by atoms with Crippen LogP contribution in [0.3, 0.4) is 0 Å². The first kappa shape index (κ1) is 36.1. The van der Waals surface area contributed by atoms with Crippen LogP contribution >= 0.6 is 0 Å². The van der Waals surface area contributed by atoms with E-state index in [0.717, 1.165) is 127 Å². The first-order valence-corrected chi connectivity index (χ1v) is 21.7. The molecule has 13 rings (SSSR count).